The van der Waals surface area contributed by atoms with Gasteiger partial charge in [-0.1, -0.05) is 63.3 Å². The number of carbonyl (C=O) groups excluding carboxylic acids is 1. The summed E-state index contributed by atoms with van der Waals surface area (Å²) in [6, 6.07) is 0. The van der Waals surface area contributed by atoms with E-state index >= 15 is 0 Å². The van der Waals surface area contributed by atoms with Crippen LogP contribution in [0.25, 0.3) is 6.08 Å². The summed E-state index contributed by atoms with van der Waals surface area (Å²) in [7, 11) is 1.35. The topological polar surface area (TPSA) is 59.4 Å². The molecule has 0 aliphatic heterocycles. The number of hydrogen-bond donors (Lipinski definition) is 1. The largest absolute Gasteiger partial charge is 0.464 e. The number of carbonyl (C=O) groups is 1. The Morgan fingerprint density at radius 2 is 2.10 bits per heavy atom. The molecule has 1 saturated carbocycles. The van der Waals surface area contributed by atoms with E-state index in [2.05, 4.69) is 60.9 Å². The van der Waals surface area contributed by atoms with E-state index in [9.17, 15) is 9.90 Å². The van der Waals surface area contributed by atoms with Gasteiger partial charge in [-0.3, -0.25) is 0 Å². The standard InChI is InChI=1S/C24H33NO3S/c1-6-10-17(2)24(3,4)21(26)13-9-12-19-15-18(19)11-7-8-14-22-25-20(16-29-22)23(27)28-5/h6-12,14,16-19,21,26H,13,15H2,1-5H3/b10-6+,11-7+,12-9-,14-8-/t17-,18+,19-,21-/m0/s1. The van der Waals surface area contributed by atoms with Gasteiger partial charge in [0.1, 0.15) is 5.01 Å². The van der Waals surface area contributed by atoms with Crippen LogP contribution in [-0.4, -0.2) is 29.3 Å². The zero-order valence-corrected chi connectivity index (χ0v) is 18.9. The second kappa shape index (κ2) is 10.7. The van der Waals surface area contributed by atoms with Gasteiger partial charge in [-0.2, -0.15) is 0 Å². The molecule has 0 amide bonds. The van der Waals surface area contributed by atoms with Crippen LogP contribution in [0.15, 0.2) is 47.9 Å². The molecular weight excluding hydrogens is 382 g/mol. The van der Waals surface area contributed by atoms with Gasteiger partial charge in [-0.25, -0.2) is 9.78 Å². The maximum Gasteiger partial charge on any atom is 0.357 e. The van der Waals surface area contributed by atoms with Crippen molar-refractivity contribution in [2.45, 2.75) is 46.6 Å². The third kappa shape index (κ3) is 6.79. The molecule has 158 valence electrons. The minimum absolute atomic E-state index is 0.145. The number of thiazole rings is 1. The summed E-state index contributed by atoms with van der Waals surface area (Å²) in [6.07, 6.45) is 18.2. The van der Waals surface area contributed by atoms with Crippen molar-refractivity contribution in [1.82, 2.24) is 4.98 Å². The predicted molar refractivity (Wildman–Crippen MR) is 121 cm³/mol. The molecule has 1 aliphatic rings. The Bertz CT molecular complexity index is 788. The summed E-state index contributed by atoms with van der Waals surface area (Å²) in [6.45, 7) is 8.43. The summed E-state index contributed by atoms with van der Waals surface area (Å²) in [5.74, 6) is 1.05. The first kappa shape index (κ1) is 23.3. The smallest absolute Gasteiger partial charge is 0.357 e. The lowest BCUT2D eigenvalue weighted by Gasteiger charge is -2.34. The lowest BCUT2D eigenvalue weighted by molar-refractivity contribution is 0.0279. The molecular formula is C24H33NO3S. The molecule has 0 bridgehead atoms. The Morgan fingerprint density at radius 1 is 1.38 bits per heavy atom. The fourth-order valence-electron chi connectivity index (χ4n) is 3.11. The molecule has 1 aromatic heterocycles. The van der Waals surface area contributed by atoms with Crippen molar-refractivity contribution in [2.24, 2.45) is 23.2 Å². The van der Waals surface area contributed by atoms with Gasteiger partial charge >= 0.3 is 5.97 Å². The summed E-state index contributed by atoms with van der Waals surface area (Å²) in [4.78, 5) is 15.6. The molecule has 1 aromatic rings. The maximum absolute atomic E-state index is 11.4. The molecule has 0 unspecified atom stereocenters. The van der Waals surface area contributed by atoms with Crippen LogP contribution in [0.4, 0.5) is 0 Å². The van der Waals surface area contributed by atoms with Crippen LogP contribution < -0.4 is 0 Å². The molecule has 1 heterocycles. The van der Waals surface area contributed by atoms with E-state index in [0.29, 0.717) is 29.9 Å². The van der Waals surface area contributed by atoms with E-state index in [1.54, 1.807) is 5.38 Å². The number of aliphatic hydroxyl groups is 1. The number of nitrogens with zero attached hydrogens (tertiary/aromatic N) is 1. The Labute approximate surface area is 178 Å². The van der Waals surface area contributed by atoms with Crippen LogP contribution in [0.5, 0.6) is 0 Å². The van der Waals surface area contributed by atoms with Crippen LogP contribution in [0.2, 0.25) is 0 Å². The molecule has 1 fully saturated rings. The van der Waals surface area contributed by atoms with Gasteiger partial charge in [0.25, 0.3) is 0 Å². The van der Waals surface area contributed by atoms with Crippen LogP contribution in [0, 0.1) is 23.2 Å². The second-order valence-electron chi connectivity index (χ2n) is 8.19. The number of esters is 1. The number of allylic oxidation sites excluding steroid dienone is 6. The molecule has 0 aromatic carbocycles. The second-order valence-corrected chi connectivity index (χ2v) is 9.08. The van der Waals surface area contributed by atoms with Crippen LogP contribution in [0.1, 0.15) is 56.0 Å². The van der Waals surface area contributed by atoms with E-state index < -0.39 is 5.97 Å². The maximum atomic E-state index is 11.4. The molecule has 4 nitrogen and oxygen atoms in total. The van der Waals surface area contributed by atoms with Gasteiger partial charge in [0, 0.05) is 5.38 Å². The van der Waals surface area contributed by atoms with Gasteiger partial charge in [0.2, 0.25) is 0 Å². The average Bonchev–Trinajstić information content (AvgIpc) is 3.27. The molecule has 4 atom stereocenters. The van der Waals surface area contributed by atoms with E-state index in [4.69, 9.17) is 0 Å². The molecule has 1 aliphatic carbocycles. The summed E-state index contributed by atoms with van der Waals surface area (Å²) >= 11 is 1.42. The fourth-order valence-corrected chi connectivity index (χ4v) is 3.80. The van der Waals surface area contributed by atoms with Gasteiger partial charge in [-0.15, -0.1) is 11.3 Å². The molecule has 29 heavy (non-hydrogen) atoms. The predicted octanol–water partition coefficient (Wildman–Crippen LogP) is 5.68. The van der Waals surface area contributed by atoms with Gasteiger partial charge in [0.05, 0.1) is 13.2 Å². The minimum atomic E-state index is -0.408. The molecule has 5 heteroatoms. The highest BCUT2D eigenvalue weighted by Crippen LogP contribution is 2.41. The number of methoxy groups -OCH3 is 1. The fraction of sp³-hybridized carbons (Fsp3) is 0.500. The summed E-state index contributed by atoms with van der Waals surface area (Å²) < 4.78 is 4.66. The van der Waals surface area contributed by atoms with E-state index in [-0.39, 0.29) is 11.5 Å². The highest BCUT2D eigenvalue weighted by molar-refractivity contribution is 7.10. The first-order valence-electron chi connectivity index (χ1n) is 10.2. The van der Waals surface area contributed by atoms with Crippen molar-refractivity contribution in [3.63, 3.8) is 0 Å². The lowest BCUT2D eigenvalue weighted by Crippen LogP contribution is -2.34. The van der Waals surface area contributed by atoms with E-state index in [1.807, 2.05) is 25.2 Å². The van der Waals surface area contributed by atoms with Crippen molar-refractivity contribution in [3.05, 3.63) is 58.6 Å². The zero-order chi connectivity index (χ0) is 21.4. The number of ether oxygens (including phenoxy) is 1. The quantitative estimate of drug-likeness (QED) is 0.303. The highest BCUT2D eigenvalue weighted by Gasteiger charge is 2.33. The molecule has 0 spiro atoms. The highest BCUT2D eigenvalue weighted by atomic mass is 32.1. The number of rotatable bonds is 10. The molecule has 2 rings (SSSR count). The third-order valence-corrected chi connectivity index (χ3v) is 6.58. The normalized spacial score (nSPS) is 22.1. The van der Waals surface area contributed by atoms with Crippen LogP contribution in [0.3, 0.4) is 0 Å². The lowest BCUT2D eigenvalue weighted by atomic mass is 9.74. The summed E-state index contributed by atoms with van der Waals surface area (Å²) in [5, 5.41) is 13.0. The van der Waals surface area contributed by atoms with Gasteiger partial charge < -0.3 is 9.84 Å². The number of aromatic nitrogens is 1. The molecule has 1 N–H and O–H groups in total. The first-order valence-corrected chi connectivity index (χ1v) is 11.0. The Balaban J connectivity index is 1.75. The number of hydrogen-bond acceptors (Lipinski definition) is 5. The van der Waals surface area contributed by atoms with Gasteiger partial charge in [0.15, 0.2) is 5.69 Å². The van der Waals surface area contributed by atoms with E-state index in [1.165, 1.54) is 18.4 Å². The van der Waals surface area contributed by atoms with Crippen molar-refractivity contribution < 1.29 is 14.6 Å². The van der Waals surface area contributed by atoms with Crippen molar-refractivity contribution in [1.29, 1.82) is 0 Å². The Morgan fingerprint density at radius 3 is 2.79 bits per heavy atom. The van der Waals surface area contributed by atoms with E-state index in [0.717, 1.165) is 11.4 Å². The van der Waals surface area contributed by atoms with Crippen LogP contribution >= 0.6 is 11.3 Å². The first-order chi connectivity index (χ1) is 13.8. The van der Waals surface area contributed by atoms with Crippen molar-refractivity contribution in [3.8, 4) is 0 Å². The van der Waals surface area contributed by atoms with Crippen molar-refractivity contribution in [2.75, 3.05) is 7.11 Å². The van der Waals surface area contributed by atoms with Crippen LogP contribution in [-0.2, 0) is 4.74 Å². The summed E-state index contributed by atoms with van der Waals surface area (Å²) in [5.41, 5.74) is 0.202. The zero-order valence-electron chi connectivity index (χ0n) is 18.0. The Hall–Kier alpha value is -1.98. The third-order valence-electron chi connectivity index (χ3n) is 5.77. The van der Waals surface area contributed by atoms with Crippen molar-refractivity contribution >= 4 is 23.4 Å². The minimum Gasteiger partial charge on any atom is -0.464 e. The monoisotopic (exact) mass is 415 g/mol. The SMILES string of the molecule is C/C=C/[C@H](C)C(C)(C)[C@@H](O)C/C=C\[C@H]1C[C@H]1/C=C/C=C\c1nc(C(=O)OC)cs1. The average molecular weight is 416 g/mol. The number of aliphatic hydroxyl groups excluding tert-OH is 1. The Kier molecular flexibility index (Phi) is 8.60. The molecule has 0 radical (unpaired) electrons. The molecule has 0 saturated heterocycles. The van der Waals surface area contributed by atoms with Gasteiger partial charge in [-0.05, 0) is 49.0 Å².